The fourth-order valence-electron chi connectivity index (χ4n) is 1.16. The van der Waals surface area contributed by atoms with Crippen LogP contribution in [0.3, 0.4) is 0 Å². The van der Waals surface area contributed by atoms with Crippen molar-refractivity contribution in [1.82, 2.24) is 10.2 Å². The second kappa shape index (κ2) is 6.37. The third kappa shape index (κ3) is 5.53. The van der Waals surface area contributed by atoms with Crippen LogP contribution in [-0.4, -0.2) is 48.6 Å². The van der Waals surface area contributed by atoms with Crippen LogP contribution in [0.15, 0.2) is 0 Å². The second-order valence-electron chi connectivity index (χ2n) is 3.44. The summed E-state index contributed by atoms with van der Waals surface area (Å²) in [5.74, 6) is -0.903. The molecule has 0 aliphatic heterocycles. The number of carboxylic acids is 1. The smallest absolute Gasteiger partial charge is 0.320 e. The largest absolute Gasteiger partial charge is 0.480 e. The van der Waals surface area contributed by atoms with Gasteiger partial charge < -0.3 is 10.4 Å². The number of carboxylic acid groups (broad SMARTS) is 1. The van der Waals surface area contributed by atoms with Crippen LogP contribution >= 0.6 is 0 Å². The maximum atomic E-state index is 10.7. The Balaban J connectivity index is 3.73. The van der Waals surface area contributed by atoms with Crippen LogP contribution in [0, 0.1) is 0 Å². The van der Waals surface area contributed by atoms with Gasteiger partial charge in [-0.3, -0.25) is 14.5 Å². The highest BCUT2D eigenvalue weighted by atomic mass is 16.4. The minimum Gasteiger partial charge on any atom is -0.480 e. The molecule has 0 radical (unpaired) electrons. The van der Waals surface area contributed by atoms with Crippen LogP contribution < -0.4 is 5.32 Å². The first-order valence-electron chi connectivity index (χ1n) is 4.58. The predicted molar refractivity (Wildman–Crippen MR) is 53.0 cm³/mol. The second-order valence-corrected chi connectivity index (χ2v) is 3.44. The van der Waals surface area contributed by atoms with Crippen molar-refractivity contribution in [1.29, 1.82) is 0 Å². The van der Waals surface area contributed by atoms with Gasteiger partial charge in [0.25, 0.3) is 0 Å². The third-order valence-electron chi connectivity index (χ3n) is 1.94. The molecular weight excluding hydrogens is 184 g/mol. The van der Waals surface area contributed by atoms with Crippen LogP contribution in [0.4, 0.5) is 0 Å². The molecule has 2 N–H and O–H groups in total. The number of hydrogen-bond donors (Lipinski definition) is 2. The zero-order valence-corrected chi connectivity index (χ0v) is 8.91. The highest BCUT2D eigenvalue weighted by Crippen LogP contribution is 2.02. The molecule has 0 spiro atoms. The normalized spacial score (nSPS) is 12.6. The van der Waals surface area contributed by atoms with Crippen molar-refractivity contribution in [2.24, 2.45) is 0 Å². The van der Waals surface area contributed by atoms with Gasteiger partial charge in [-0.05, 0) is 26.9 Å². The highest BCUT2D eigenvalue weighted by Gasteiger charge is 2.18. The SMILES string of the molecule is CC(=O)NCCCC(C(=O)O)N(C)C. The number of rotatable bonds is 6. The van der Waals surface area contributed by atoms with E-state index in [-0.39, 0.29) is 5.91 Å². The van der Waals surface area contributed by atoms with E-state index in [0.29, 0.717) is 19.4 Å². The van der Waals surface area contributed by atoms with E-state index in [0.717, 1.165) is 0 Å². The van der Waals surface area contributed by atoms with Gasteiger partial charge in [0.05, 0.1) is 0 Å². The summed E-state index contributed by atoms with van der Waals surface area (Å²) in [6, 6.07) is -0.469. The number of likely N-dealkylation sites (N-methyl/N-ethyl adjacent to an activating group) is 1. The van der Waals surface area contributed by atoms with Gasteiger partial charge in [0.1, 0.15) is 6.04 Å². The average molecular weight is 202 g/mol. The molecule has 0 heterocycles. The zero-order chi connectivity index (χ0) is 11.1. The summed E-state index contributed by atoms with van der Waals surface area (Å²) in [4.78, 5) is 22.9. The number of carbonyl (C=O) groups excluding carboxylic acids is 1. The van der Waals surface area contributed by atoms with Gasteiger partial charge in [0.15, 0.2) is 0 Å². The van der Waals surface area contributed by atoms with Crippen molar-refractivity contribution < 1.29 is 14.7 Å². The number of carbonyl (C=O) groups is 2. The lowest BCUT2D eigenvalue weighted by Crippen LogP contribution is -2.36. The summed E-state index contributed by atoms with van der Waals surface area (Å²) >= 11 is 0. The van der Waals surface area contributed by atoms with Gasteiger partial charge in [-0.25, -0.2) is 0 Å². The summed E-state index contributed by atoms with van der Waals surface area (Å²) in [5, 5.41) is 11.5. The van der Waals surface area contributed by atoms with Crippen molar-refractivity contribution >= 4 is 11.9 Å². The molecule has 0 saturated carbocycles. The average Bonchev–Trinajstić information content (AvgIpc) is 2.01. The van der Waals surface area contributed by atoms with Crippen molar-refractivity contribution in [3.05, 3.63) is 0 Å². The highest BCUT2D eigenvalue weighted by molar-refractivity contribution is 5.73. The summed E-state index contributed by atoms with van der Waals surface area (Å²) < 4.78 is 0. The maximum absolute atomic E-state index is 10.7. The first-order valence-corrected chi connectivity index (χ1v) is 4.58. The van der Waals surface area contributed by atoms with Gasteiger partial charge in [0.2, 0.25) is 5.91 Å². The topological polar surface area (TPSA) is 69.6 Å². The molecule has 0 aromatic carbocycles. The van der Waals surface area contributed by atoms with Crippen LogP contribution in [0.25, 0.3) is 0 Å². The maximum Gasteiger partial charge on any atom is 0.320 e. The van der Waals surface area contributed by atoms with E-state index >= 15 is 0 Å². The number of hydrogen-bond acceptors (Lipinski definition) is 3. The standard InChI is InChI=1S/C9H18N2O3/c1-7(12)10-6-4-5-8(9(13)14)11(2)3/h8H,4-6H2,1-3H3,(H,10,12)(H,13,14). The van der Waals surface area contributed by atoms with Crippen molar-refractivity contribution in [3.8, 4) is 0 Å². The molecule has 0 saturated heterocycles. The summed E-state index contributed by atoms with van der Waals surface area (Å²) in [5.41, 5.74) is 0. The number of amides is 1. The lowest BCUT2D eigenvalue weighted by Gasteiger charge is -2.19. The molecule has 1 atom stereocenters. The Morgan fingerprint density at radius 2 is 2.00 bits per heavy atom. The molecule has 0 rings (SSSR count). The van der Waals surface area contributed by atoms with E-state index in [1.807, 2.05) is 0 Å². The molecular formula is C9H18N2O3. The fourth-order valence-corrected chi connectivity index (χ4v) is 1.16. The summed E-state index contributed by atoms with van der Waals surface area (Å²) in [6.07, 6.45) is 1.22. The van der Waals surface area contributed by atoms with Crippen LogP contribution in [0.1, 0.15) is 19.8 Å². The molecule has 0 aromatic heterocycles. The quantitative estimate of drug-likeness (QED) is 0.591. The Morgan fingerprint density at radius 3 is 2.36 bits per heavy atom. The Hall–Kier alpha value is -1.10. The monoisotopic (exact) mass is 202 g/mol. The molecule has 0 aliphatic carbocycles. The van der Waals surface area contributed by atoms with Gasteiger partial charge in [-0.15, -0.1) is 0 Å². The van der Waals surface area contributed by atoms with Gasteiger partial charge in [-0.1, -0.05) is 0 Å². The lowest BCUT2D eigenvalue weighted by atomic mass is 10.1. The van der Waals surface area contributed by atoms with E-state index in [9.17, 15) is 9.59 Å². The van der Waals surface area contributed by atoms with Crippen molar-refractivity contribution in [2.75, 3.05) is 20.6 Å². The molecule has 0 fully saturated rings. The van der Waals surface area contributed by atoms with E-state index < -0.39 is 12.0 Å². The molecule has 5 nitrogen and oxygen atoms in total. The molecule has 1 unspecified atom stereocenters. The van der Waals surface area contributed by atoms with E-state index in [4.69, 9.17) is 5.11 Å². The van der Waals surface area contributed by atoms with Crippen molar-refractivity contribution in [2.45, 2.75) is 25.8 Å². The number of nitrogens with one attached hydrogen (secondary N) is 1. The molecule has 14 heavy (non-hydrogen) atoms. The Labute approximate surface area is 84.1 Å². The summed E-state index contributed by atoms with van der Waals surface area (Å²) in [7, 11) is 3.47. The third-order valence-corrected chi connectivity index (χ3v) is 1.94. The van der Waals surface area contributed by atoms with E-state index in [1.54, 1.807) is 19.0 Å². The fraction of sp³-hybridized carbons (Fsp3) is 0.778. The molecule has 0 aliphatic rings. The Kier molecular flexibility index (Phi) is 5.87. The molecule has 0 aromatic rings. The summed E-state index contributed by atoms with van der Waals surface area (Å²) in [6.45, 7) is 1.98. The van der Waals surface area contributed by atoms with Crippen LogP contribution in [0.5, 0.6) is 0 Å². The first kappa shape index (κ1) is 12.9. The minimum atomic E-state index is -0.821. The van der Waals surface area contributed by atoms with E-state index in [2.05, 4.69) is 5.32 Å². The van der Waals surface area contributed by atoms with Gasteiger partial charge >= 0.3 is 5.97 Å². The lowest BCUT2D eigenvalue weighted by molar-refractivity contribution is -0.142. The van der Waals surface area contributed by atoms with Crippen LogP contribution in [-0.2, 0) is 9.59 Å². The van der Waals surface area contributed by atoms with Gasteiger partial charge in [0, 0.05) is 13.5 Å². The Morgan fingerprint density at radius 1 is 1.43 bits per heavy atom. The zero-order valence-electron chi connectivity index (χ0n) is 8.91. The van der Waals surface area contributed by atoms with E-state index in [1.165, 1.54) is 6.92 Å². The van der Waals surface area contributed by atoms with Crippen LogP contribution in [0.2, 0.25) is 0 Å². The number of aliphatic carboxylic acids is 1. The Bertz CT molecular complexity index is 204. The molecule has 5 heteroatoms. The first-order chi connectivity index (χ1) is 6.45. The number of nitrogens with zero attached hydrogens (tertiary/aromatic N) is 1. The molecule has 1 amide bonds. The van der Waals surface area contributed by atoms with Gasteiger partial charge in [-0.2, -0.15) is 0 Å². The van der Waals surface area contributed by atoms with Crippen molar-refractivity contribution in [3.63, 3.8) is 0 Å². The molecule has 82 valence electrons. The molecule has 0 bridgehead atoms. The minimum absolute atomic E-state index is 0.0817. The predicted octanol–water partition coefficient (Wildman–Crippen LogP) is -0.0825.